The monoisotopic (exact) mass is 241 g/mol. The summed E-state index contributed by atoms with van der Waals surface area (Å²) in [6.45, 7) is 2.66. The van der Waals surface area contributed by atoms with Crippen LogP contribution in [-0.2, 0) is 13.1 Å². The smallest absolute Gasteiger partial charge is 0.170 e. The van der Waals surface area contributed by atoms with Gasteiger partial charge >= 0.3 is 0 Å². The topological polar surface area (TPSA) is 38.1 Å². The van der Waals surface area contributed by atoms with Crippen LogP contribution in [0, 0.1) is 0 Å². The molecule has 0 fully saturated rings. The van der Waals surface area contributed by atoms with Crippen molar-refractivity contribution in [2.24, 2.45) is 0 Å². The van der Waals surface area contributed by atoms with Gasteiger partial charge in [0.25, 0.3) is 0 Å². The Morgan fingerprint density at radius 3 is 2.72 bits per heavy atom. The van der Waals surface area contributed by atoms with Crippen LogP contribution in [0.2, 0.25) is 0 Å². The van der Waals surface area contributed by atoms with Crippen LogP contribution in [0.3, 0.4) is 0 Å². The van der Waals surface area contributed by atoms with Crippen molar-refractivity contribution >= 4 is 6.29 Å². The molecule has 0 unspecified atom stereocenters. The van der Waals surface area contributed by atoms with E-state index in [1.807, 2.05) is 30.3 Å². The zero-order valence-electron chi connectivity index (χ0n) is 10.3. The Morgan fingerprint density at radius 2 is 2.00 bits per heavy atom. The highest BCUT2D eigenvalue weighted by molar-refractivity contribution is 5.76. The largest absolute Gasteiger partial charge is 0.325 e. The second-order valence-corrected chi connectivity index (χ2v) is 4.64. The van der Waals surface area contributed by atoms with Gasteiger partial charge in [-0.25, -0.2) is 4.98 Å². The number of aldehydes is 1. The fourth-order valence-corrected chi connectivity index (χ4v) is 2.42. The first-order valence-electron chi connectivity index (χ1n) is 6.08. The second-order valence-electron chi connectivity index (χ2n) is 4.64. The third-order valence-electron chi connectivity index (χ3n) is 3.37. The van der Waals surface area contributed by atoms with Gasteiger partial charge in [0.2, 0.25) is 0 Å². The third-order valence-corrected chi connectivity index (χ3v) is 3.37. The Bertz CT molecular complexity index is 574. The van der Waals surface area contributed by atoms with Crippen molar-refractivity contribution in [1.82, 2.24) is 14.5 Å². The summed E-state index contributed by atoms with van der Waals surface area (Å²) in [6, 6.07) is 10.0. The number of hydrogen-bond acceptors (Lipinski definition) is 3. The van der Waals surface area contributed by atoms with E-state index in [-0.39, 0.29) is 0 Å². The Morgan fingerprint density at radius 1 is 1.22 bits per heavy atom. The van der Waals surface area contributed by atoms with E-state index in [2.05, 4.69) is 21.5 Å². The lowest BCUT2D eigenvalue weighted by atomic mass is 10.2. The van der Waals surface area contributed by atoms with Crippen LogP contribution in [0.25, 0.3) is 11.4 Å². The summed E-state index contributed by atoms with van der Waals surface area (Å²) in [5.41, 5.74) is 2.66. The molecule has 4 nitrogen and oxygen atoms in total. The Balaban J connectivity index is 2.15. The number of likely N-dealkylation sites (N-methyl/N-ethyl adjacent to an activating group) is 1. The summed E-state index contributed by atoms with van der Waals surface area (Å²) >= 11 is 0. The van der Waals surface area contributed by atoms with Crippen LogP contribution < -0.4 is 0 Å². The molecule has 1 aromatic heterocycles. The molecule has 1 aliphatic heterocycles. The summed E-state index contributed by atoms with van der Waals surface area (Å²) in [5, 5.41) is 0. The van der Waals surface area contributed by atoms with Gasteiger partial charge in [-0.15, -0.1) is 0 Å². The lowest BCUT2D eigenvalue weighted by molar-refractivity contribution is 0.111. The summed E-state index contributed by atoms with van der Waals surface area (Å²) in [5.74, 6) is 0.904. The molecular formula is C14H15N3O. The molecule has 0 saturated heterocycles. The summed E-state index contributed by atoms with van der Waals surface area (Å²) < 4.78 is 2.17. The maximum absolute atomic E-state index is 11.1. The van der Waals surface area contributed by atoms with Crippen molar-refractivity contribution in [3.63, 3.8) is 0 Å². The van der Waals surface area contributed by atoms with Crippen molar-refractivity contribution in [3.8, 4) is 11.4 Å². The molecule has 0 amide bonds. The molecule has 2 aromatic rings. The fourth-order valence-electron chi connectivity index (χ4n) is 2.42. The SMILES string of the molecule is CN1CCn2c(-c3ccccc3)nc(C=O)c2C1. The highest BCUT2D eigenvalue weighted by atomic mass is 16.1. The maximum Gasteiger partial charge on any atom is 0.170 e. The van der Waals surface area contributed by atoms with Crippen molar-refractivity contribution in [2.45, 2.75) is 13.1 Å². The highest BCUT2D eigenvalue weighted by Gasteiger charge is 2.22. The minimum Gasteiger partial charge on any atom is -0.325 e. The van der Waals surface area contributed by atoms with Crippen molar-refractivity contribution < 1.29 is 4.79 Å². The molecule has 4 heteroatoms. The Kier molecular flexibility index (Phi) is 2.72. The van der Waals surface area contributed by atoms with Gasteiger partial charge in [0.05, 0.1) is 5.69 Å². The minimum absolute atomic E-state index is 0.570. The molecule has 0 radical (unpaired) electrons. The summed E-state index contributed by atoms with van der Waals surface area (Å²) in [7, 11) is 2.06. The number of hydrogen-bond donors (Lipinski definition) is 0. The predicted molar refractivity (Wildman–Crippen MR) is 69.4 cm³/mol. The second kappa shape index (κ2) is 4.38. The molecule has 2 heterocycles. The first-order chi connectivity index (χ1) is 8.79. The standard InChI is InChI=1S/C14H15N3O/c1-16-7-8-17-13(9-16)12(10-18)15-14(17)11-5-3-2-4-6-11/h2-6,10H,7-9H2,1H3. The van der Waals surface area contributed by atoms with Crippen molar-refractivity contribution in [1.29, 1.82) is 0 Å². The van der Waals surface area contributed by atoms with Crippen LogP contribution in [0.5, 0.6) is 0 Å². The van der Waals surface area contributed by atoms with Gasteiger partial charge in [0.1, 0.15) is 11.5 Å². The fraction of sp³-hybridized carbons (Fsp3) is 0.286. The molecule has 0 spiro atoms. The van der Waals surface area contributed by atoms with E-state index in [9.17, 15) is 4.79 Å². The number of carbonyl (C=O) groups excluding carboxylic acids is 1. The number of imidazole rings is 1. The quantitative estimate of drug-likeness (QED) is 0.753. The highest BCUT2D eigenvalue weighted by Crippen LogP contribution is 2.24. The van der Waals surface area contributed by atoms with Crippen molar-refractivity contribution in [3.05, 3.63) is 41.7 Å². The van der Waals surface area contributed by atoms with Gasteiger partial charge in [-0.1, -0.05) is 30.3 Å². The summed E-state index contributed by atoms with van der Waals surface area (Å²) in [4.78, 5) is 17.8. The van der Waals surface area contributed by atoms with Gasteiger partial charge in [0.15, 0.2) is 6.29 Å². The zero-order valence-corrected chi connectivity index (χ0v) is 10.3. The Labute approximate surface area is 106 Å². The number of fused-ring (bicyclic) bond motifs is 1. The normalized spacial score (nSPS) is 15.4. The average Bonchev–Trinajstić information content (AvgIpc) is 2.77. The average molecular weight is 241 g/mol. The van der Waals surface area contributed by atoms with E-state index in [0.29, 0.717) is 5.69 Å². The van der Waals surface area contributed by atoms with Crippen LogP contribution in [0.15, 0.2) is 30.3 Å². The predicted octanol–water partition coefficient (Wildman–Crippen LogP) is 1.81. The van der Waals surface area contributed by atoms with Gasteiger partial charge in [-0.05, 0) is 7.05 Å². The van der Waals surface area contributed by atoms with E-state index in [1.165, 1.54) is 0 Å². The van der Waals surface area contributed by atoms with Crippen LogP contribution in [0.4, 0.5) is 0 Å². The van der Waals surface area contributed by atoms with Gasteiger partial charge in [-0.3, -0.25) is 9.69 Å². The lowest BCUT2D eigenvalue weighted by Gasteiger charge is -2.25. The summed E-state index contributed by atoms with van der Waals surface area (Å²) in [6.07, 6.45) is 0.859. The molecule has 0 saturated carbocycles. The zero-order chi connectivity index (χ0) is 12.5. The maximum atomic E-state index is 11.1. The molecule has 1 aliphatic rings. The number of aromatic nitrogens is 2. The lowest BCUT2D eigenvalue weighted by Crippen LogP contribution is -2.30. The Hall–Kier alpha value is -1.94. The molecule has 0 bridgehead atoms. The van der Waals surface area contributed by atoms with Crippen LogP contribution in [0.1, 0.15) is 16.2 Å². The number of nitrogens with zero attached hydrogens (tertiary/aromatic N) is 3. The number of benzene rings is 1. The molecule has 18 heavy (non-hydrogen) atoms. The van der Waals surface area contributed by atoms with Gasteiger partial charge < -0.3 is 4.57 Å². The van der Waals surface area contributed by atoms with E-state index < -0.39 is 0 Å². The number of rotatable bonds is 2. The molecule has 92 valence electrons. The van der Waals surface area contributed by atoms with E-state index in [1.54, 1.807) is 0 Å². The van der Waals surface area contributed by atoms with Gasteiger partial charge in [-0.2, -0.15) is 0 Å². The van der Waals surface area contributed by atoms with Crippen LogP contribution in [-0.4, -0.2) is 34.3 Å². The molecule has 0 atom stereocenters. The van der Waals surface area contributed by atoms with Crippen LogP contribution >= 0.6 is 0 Å². The van der Waals surface area contributed by atoms with Gasteiger partial charge in [0, 0.05) is 25.2 Å². The molecular weight excluding hydrogens is 226 g/mol. The van der Waals surface area contributed by atoms with Crippen molar-refractivity contribution in [2.75, 3.05) is 13.6 Å². The molecule has 0 aliphatic carbocycles. The minimum atomic E-state index is 0.570. The van der Waals surface area contributed by atoms with E-state index >= 15 is 0 Å². The molecule has 0 N–H and O–H groups in total. The first-order valence-corrected chi connectivity index (χ1v) is 6.08. The van der Waals surface area contributed by atoms with E-state index in [0.717, 1.165) is 43.0 Å². The third kappa shape index (κ3) is 1.75. The molecule has 1 aromatic carbocycles. The first kappa shape index (κ1) is 11.2. The molecule has 3 rings (SSSR count). The van der Waals surface area contributed by atoms with E-state index in [4.69, 9.17) is 0 Å². The number of carbonyl (C=O) groups is 1.